The summed E-state index contributed by atoms with van der Waals surface area (Å²) in [7, 11) is 2.05. The fourth-order valence-electron chi connectivity index (χ4n) is 2.44. The van der Waals surface area contributed by atoms with Crippen LogP contribution in [0.1, 0.15) is 58.3 Å². The molecule has 1 rings (SSSR count). The molecule has 0 aliphatic carbocycles. The number of hydrogen-bond donors (Lipinski definition) is 1. The molecule has 0 amide bonds. The van der Waals surface area contributed by atoms with Crippen LogP contribution in [-0.2, 0) is 19.9 Å². The maximum Gasteiger partial charge on any atom is 0.0766 e. The molecular weight excluding hydrogens is 302 g/mol. The molecule has 1 N–H and O–H groups in total. The predicted molar refractivity (Wildman–Crippen MR) is 85.6 cm³/mol. The zero-order valence-corrected chi connectivity index (χ0v) is 14.5. The summed E-state index contributed by atoms with van der Waals surface area (Å²) in [6.45, 7) is 8.84. The standard InChI is InChI=1S/C15H28BrN3/c1-6-8-9-12(17-11(3)4)10-14-15(16)13(7-2)18-19(14)5/h11-12,17H,6-10H2,1-5H3. The Morgan fingerprint density at radius 3 is 2.47 bits per heavy atom. The van der Waals surface area contributed by atoms with Crippen molar-refractivity contribution >= 4 is 15.9 Å². The lowest BCUT2D eigenvalue weighted by Crippen LogP contribution is -2.36. The Hall–Kier alpha value is -0.350. The molecule has 110 valence electrons. The third-order valence-corrected chi connectivity index (χ3v) is 4.33. The van der Waals surface area contributed by atoms with Gasteiger partial charge >= 0.3 is 0 Å². The van der Waals surface area contributed by atoms with E-state index >= 15 is 0 Å². The number of aromatic nitrogens is 2. The summed E-state index contributed by atoms with van der Waals surface area (Å²) in [4.78, 5) is 0. The third-order valence-electron chi connectivity index (χ3n) is 3.42. The zero-order valence-electron chi connectivity index (χ0n) is 13.0. The molecule has 0 bridgehead atoms. The Labute approximate surface area is 126 Å². The Kier molecular flexibility index (Phi) is 7.08. The van der Waals surface area contributed by atoms with E-state index in [4.69, 9.17) is 0 Å². The van der Waals surface area contributed by atoms with Crippen LogP contribution >= 0.6 is 15.9 Å². The van der Waals surface area contributed by atoms with Crippen LogP contribution in [0.2, 0.25) is 0 Å². The van der Waals surface area contributed by atoms with E-state index < -0.39 is 0 Å². The van der Waals surface area contributed by atoms with Crippen LogP contribution in [0.25, 0.3) is 0 Å². The molecule has 0 saturated heterocycles. The van der Waals surface area contributed by atoms with Gasteiger partial charge in [0.15, 0.2) is 0 Å². The van der Waals surface area contributed by atoms with Crippen LogP contribution < -0.4 is 5.32 Å². The average molecular weight is 330 g/mol. The lowest BCUT2D eigenvalue weighted by molar-refractivity contribution is 0.416. The first kappa shape index (κ1) is 16.7. The average Bonchev–Trinajstić information content (AvgIpc) is 2.62. The van der Waals surface area contributed by atoms with Gasteiger partial charge in [0.1, 0.15) is 0 Å². The van der Waals surface area contributed by atoms with Gasteiger partial charge in [0.05, 0.1) is 15.9 Å². The molecule has 4 heteroatoms. The highest BCUT2D eigenvalue weighted by molar-refractivity contribution is 9.10. The fraction of sp³-hybridized carbons (Fsp3) is 0.800. The van der Waals surface area contributed by atoms with Gasteiger partial charge in [0, 0.05) is 25.6 Å². The summed E-state index contributed by atoms with van der Waals surface area (Å²) in [6, 6.07) is 1.07. The second-order valence-electron chi connectivity index (χ2n) is 5.55. The van der Waals surface area contributed by atoms with E-state index in [-0.39, 0.29) is 0 Å². The summed E-state index contributed by atoms with van der Waals surface area (Å²) in [5.74, 6) is 0. The molecule has 0 aromatic carbocycles. The van der Waals surface area contributed by atoms with Crippen molar-refractivity contribution in [3.05, 3.63) is 15.9 Å². The molecule has 1 aromatic heterocycles. The summed E-state index contributed by atoms with van der Waals surface area (Å²) < 4.78 is 3.23. The van der Waals surface area contributed by atoms with Crippen molar-refractivity contribution in [2.24, 2.45) is 7.05 Å². The molecule has 1 unspecified atom stereocenters. The molecule has 19 heavy (non-hydrogen) atoms. The van der Waals surface area contributed by atoms with Crippen molar-refractivity contribution in [1.29, 1.82) is 0 Å². The SMILES string of the molecule is CCCCC(Cc1c(Br)c(CC)nn1C)NC(C)C. The molecule has 0 saturated carbocycles. The molecule has 3 nitrogen and oxygen atoms in total. The third kappa shape index (κ3) is 4.92. The van der Waals surface area contributed by atoms with E-state index in [0.29, 0.717) is 12.1 Å². The second-order valence-corrected chi connectivity index (χ2v) is 6.34. The van der Waals surface area contributed by atoms with Crippen molar-refractivity contribution in [3.8, 4) is 0 Å². The molecule has 0 fully saturated rings. The van der Waals surface area contributed by atoms with Gasteiger partial charge in [0.25, 0.3) is 0 Å². The topological polar surface area (TPSA) is 29.9 Å². The van der Waals surface area contributed by atoms with Crippen LogP contribution in [-0.4, -0.2) is 21.9 Å². The molecule has 1 heterocycles. The first-order chi connectivity index (χ1) is 8.99. The number of aryl methyl sites for hydroxylation is 2. The van der Waals surface area contributed by atoms with Crippen molar-refractivity contribution in [3.63, 3.8) is 0 Å². The summed E-state index contributed by atoms with van der Waals surface area (Å²) in [5, 5.41) is 8.27. The minimum absolute atomic E-state index is 0.527. The van der Waals surface area contributed by atoms with Crippen molar-refractivity contribution in [2.75, 3.05) is 0 Å². The van der Waals surface area contributed by atoms with Crippen LogP contribution in [0, 0.1) is 0 Å². The molecular formula is C15H28BrN3. The van der Waals surface area contributed by atoms with E-state index in [1.165, 1.54) is 29.4 Å². The highest BCUT2D eigenvalue weighted by Crippen LogP contribution is 2.23. The Balaban J connectivity index is 2.79. The highest BCUT2D eigenvalue weighted by atomic mass is 79.9. The van der Waals surface area contributed by atoms with Gasteiger partial charge in [-0.15, -0.1) is 0 Å². The number of nitrogens with one attached hydrogen (secondary N) is 1. The quantitative estimate of drug-likeness (QED) is 0.785. The number of hydrogen-bond acceptors (Lipinski definition) is 2. The van der Waals surface area contributed by atoms with Gasteiger partial charge in [-0.1, -0.05) is 40.5 Å². The first-order valence-corrected chi connectivity index (χ1v) is 8.25. The largest absolute Gasteiger partial charge is 0.311 e. The van der Waals surface area contributed by atoms with Gasteiger partial charge < -0.3 is 5.32 Å². The molecule has 0 spiro atoms. The van der Waals surface area contributed by atoms with Gasteiger partial charge in [-0.2, -0.15) is 5.10 Å². The summed E-state index contributed by atoms with van der Waals surface area (Å²) >= 11 is 3.71. The smallest absolute Gasteiger partial charge is 0.0766 e. The summed E-state index contributed by atoms with van der Waals surface area (Å²) in [6.07, 6.45) is 5.78. The van der Waals surface area contributed by atoms with Crippen molar-refractivity contribution in [2.45, 2.75) is 71.9 Å². The van der Waals surface area contributed by atoms with Gasteiger partial charge in [-0.25, -0.2) is 0 Å². The van der Waals surface area contributed by atoms with Gasteiger partial charge in [-0.3, -0.25) is 4.68 Å². The molecule has 0 aliphatic rings. The van der Waals surface area contributed by atoms with E-state index in [9.17, 15) is 0 Å². The van der Waals surface area contributed by atoms with Gasteiger partial charge in [0.2, 0.25) is 0 Å². The Morgan fingerprint density at radius 1 is 1.32 bits per heavy atom. The number of nitrogens with zero attached hydrogens (tertiary/aromatic N) is 2. The van der Waals surface area contributed by atoms with Crippen LogP contribution in [0.4, 0.5) is 0 Å². The lowest BCUT2D eigenvalue weighted by Gasteiger charge is -2.21. The maximum atomic E-state index is 4.58. The minimum atomic E-state index is 0.527. The van der Waals surface area contributed by atoms with Crippen LogP contribution in [0.15, 0.2) is 4.47 Å². The van der Waals surface area contributed by atoms with E-state index in [0.717, 1.165) is 18.5 Å². The summed E-state index contributed by atoms with van der Waals surface area (Å²) in [5.41, 5.74) is 2.47. The molecule has 1 aromatic rings. The number of halogens is 1. The monoisotopic (exact) mass is 329 g/mol. The normalized spacial score (nSPS) is 13.2. The number of unbranched alkanes of at least 4 members (excludes halogenated alkanes) is 1. The Bertz CT molecular complexity index is 385. The minimum Gasteiger partial charge on any atom is -0.311 e. The first-order valence-electron chi connectivity index (χ1n) is 7.45. The molecule has 0 radical (unpaired) electrons. The van der Waals surface area contributed by atoms with E-state index in [1.54, 1.807) is 0 Å². The van der Waals surface area contributed by atoms with Gasteiger partial charge in [-0.05, 0) is 28.8 Å². The number of rotatable bonds is 8. The van der Waals surface area contributed by atoms with Crippen molar-refractivity contribution < 1.29 is 0 Å². The van der Waals surface area contributed by atoms with E-state index in [1.807, 2.05) is 11.7 Å². The predicted octanol–water partition coefficient (Wildman–Crippen LogP) is 3.84. The fourth-order valence-corrected chi connectivity index (χ4v) is 3.22. The maximum absolute atomic E-state index is 4.58. The molecule has 0 aliphatic heterocycles. The highest BCUT2D eigenvalue weighted by Gasteiger charge is 2.17. The second kappa shape index (κ2) is 8.05. The van der Waals surface area contributed by atoms with Crippen LogP contribution in [0.5, 0.6) is 0 Å². The lowest BCUT2D eigenvalue weighted by atomic mass is 10.0. The van der Waals surface area contributed by atoms with Crippen molar-refractivity contribution in [1.82, 2.24) is 15.1 Å². The van der Waals surface area contributed by atoms with E-state index in [2.05, 4.69) is 54.0 Å². The van der Waals surface area contributed by atoms with Crippen LogP contribution in [0.3, 0.4) is 0 Å². The molecule has 1 atom stereocenters. The Morgan fingerprint density at radius 2 is 2.00 bits per heavy atom. The zero-order chi connectivity index (χ0) is 14.4.